The molecule has 0 fully saturated rings. The van der Waals surface area contributed by atoms with Crippen molar-refractivity contribution in [2.24, 2.45) is 0 Å². The van der Waals surface area contributed by atoms with E-state index in [0.29, 0.717) is 6.61 Å². The third kappa shape index (κ3) is 5.85. The predicted molar refractivity (Wildman–Crippen MR) is 166 cm³/mol. The maximum Gasteiger partial charge on any atom is 0.408 e. The first kappa shape index (κ1) is 26.9. The zero-order valence-corrected chi connectivity index (χ0v) is 24.5. The van der Waals surface area contributed by atoms with Gasteiger partial charge in [0.15, 0.2) is 8.32 Å². The fourth-order valence-electron chi connectivity index (χ4n) is 4.70. The minimum atomic E-state index is -2.01. The SMILES string of the molecule is CC(C)(C)[Si](C)(C)OC[C@H](/C=C/c1ccc2ccc3cccc4ccc1c2c34)NC(=O)OCc1ccccc1. The normalized spacial score (nSPS) is 13.5. The third-order valence-electron chi connectivity index (χ3n) is 8.02. The molecule has 0 aromatic heterocycles. The minimum Gasteiger partial charge on any atom is -0.445 e. The van der Waals surface area contributed by atoms with Crippen LogP contribution in [0, 0.1) is 0 Å². The fraction of sp³-hybridized carbons (Fsp3) is 0.265. The standard InChI is InChI=1S/C34H37NO3Si/c1-34(2,3)39(4,5)38-23-29(35-33(36)37-22-24-10-7-6-8-11-24)20-18-25-14-15-28-17-16-26-12-9-13-27-19-21-30(25)32(28)31(26)27/h6-21,29H,22-23H2,1-5H3,(H,35,36)/b20-18+/t29-/m0/s1. The van der Waals surface area contributed by atoms with E-state index in [0.717, 1.165) is 11.1 Å². The molecular weight excluding hydrogens is 498 g/mol. The van der Waals surface area contributed by atoms with Crippen LogP contribution in [0.3, 0.4) is 0 Å². The molecule has 1 N–H and O–H groups in total. The number of rotatable bonds is 8. The number of carbonyl (C=O) groups is 1. The summed E-state index contributed by atoms with van der Waals surface area (Å²) < 4.78 is 12.0. The highest BCUT2D eigenvalue weighted by atomic mass is 28.4. The van der Waals surface area contributed by atoms with Gasteiger partial charge in [0.2, 0.25) is 0 Å². The number of carbonyl (C=O) groups excluding carboxylic acids is 1. The molecule has 0 aliphatic heterocycles. The highest BCUT2D eigenvalue weighted by molar-refractivity contribution is 6.74. The minimum absolute atomic E-state index is 0.0706. The monoisotopic (exact) mass is 535 g/mol. The van der Waals surface area contributed by atoms with Crippen molar-refractivity contribution in [3.63, 3.8) is 0 Å². The number of hydrogen-bond donors (Lipinski definition) is 1. The molecule has 5 rings (SSSR count). The summed E-state index contributed by atoms with van der Waals surface area (Å²) in [5.74, 6) is 0. The Morgan fingerprint density at radius 2 is 1.49 bits per heavy atom. The lowest BCUT2D eigenvalue weighted by Crippen LogP contribution is -2.45. The first-order valence-electron chi connectivity index (χ1n) is 13.6. The van der Waals surface area contributed by atoms with E-state index in [4.69, 9.17) is 9.16 Å². The van der Waals surface area contributed by atoms with Crippen molar-refractivity contribution >= 4 is 52.8 Å². The predicted octanol–water partition coefficient (Wildman–Crippen LogP) is 8.91. The molecule has 0 saturated carbocycles. The van der Waals surface area contributed by atoms with E-state index in [-0.39, 0.29) is 17.7 Å². The Labute approximate surface area is 232 Å². The summed E-state index contributed by atoms with van der Waals surface area (Å²) in [6, 6.07) is 28.9. The van der Waals surface area contributed by atoms with Gasteiger partial charge in [-0.1, -0.05) is 118 Å². The number of alkyl carbamates (subject to hydrolysis) is 1. The summed E-state index contributed by atoms with van der Waals surface area (Å²) in [6.07, 6.45) is 3.68. The lowest BCUT2D eigenvalue weighted by molar-refractivity contribution is 0.133. The molecule has 0 unspecified atom stereocenters. The van der Waals surface area contributed by atoms with Gasteiger partial charge in [-0.25, -0.2) is 4.79 Å². The lowest BCUT2D eigenvalue weighted by atomic mass is 9.92. The molecule has 5 aromatic carbocycles. The van der Waals surface area contributed by atoms with Crippen LogP contribution in [0.5, 0.6) is 0 Å². The van der Waals surface area contributed by atoms with Gasteiger partial charge in [-0.15, -0.1) is 0 Å². The van der Waals surface area contributed by atoms with Crippen molar-refractivity contribution in [3.8, 4) is 0 Å². The van der Waals surface area contributed by atoms with Crippen LogP contribution in [0.4, 0.5) is 4.79 Å². The molecular formula is C34H37NO3Si. The van der Waals surface area contributed by atoms with Gasteiger partial charge in [0.25, 0.3) is 0 Å². The van der Waals surface area contributed by atoms with Crippen molar-refractivity contribution in [1.29, 1.82) is 0 Å². The summed E-state index contributed by atoms with van der Waals surface area (Å²) in [5.41, 5.74) is 2.06. The van der Waals surface area contributed by atoms with Crippen LogP contribution < -0.4 is 5.32 Å². The fourth-order valence-corrected chi connectivity index (χ4v) is 5.73. The molecule has 0 heterocycles. The molecule has 39 heavy (non-hydrogen) atoms. The van der Waals surface area contributed by atoms with E-state index >= 15 is 0 Å². The van der Waals surface area contributed by atoms with Gasteiger partial charge in [-0.3, -0.25) is 0 Å². The lowest BCUT2D eigenvalue weighted by Gasteiger charge is -2.37. The van der Waals surface area contributed by atoms with Crippen molar-refractivity contribution in [1.82, 2.24) is 5.32 Å². The zero-order valence-electron chi connectivity index (χ0n) is 23.5. The topological polar surface area (TPSA) is 47.6 Å². The Morgan fingerprint density at radius 3 is 2.18 bits per heavy atom. The Kier molecular flexibility index (Phi) is 7.48. The molecule has 0 bridgehead atoms. The maximum atomic E-state index is 12.8. The van der Waals surface area contributed by atoms with Gasteiger partial charge in [0.05, 0.1) is 12.6 Å². The molecule has 1 atom stereocenters. The second kappa shape index (κ2) is 10.8. The number of nitrogens with one attached hydrogen (secondary N) is 1. The highest BCUT2D eigenvalue weighted by Crippen LogP contribution is 2.37. The largest absolute Gasteiger partial charge is 0.445 e. The van der Waals surface area contributed by atoms with E-state index < -0.39 is 14.4 Å². The van der Waals surface area contributed by atoms with Gasteiger partial charge in [0, 0.05) is 0 Å². The number of amides is 1. The van der Waals surface area contributed by atoms with Gasteiger partial charge in [0.1, 0.15) is 6.61 Å². The van der Waals surface area contributed by atoms with Gasteiger partial charge < -0.3 is 14.5 Å². The third-order valence-corrected chi connectivity index (χ3v) is 12.5. The first-order chi connectivity index (χ1) is 18.6. The van der Waals surface area contributed by atoms with E-state index in [1.165, 1.54) is 32.3 Å². The molecule has 0 spiro atoms. The molecule has 0 radical (unpaired) electrons. The Balaban J connectivity index is 1.42. The first-order valence-corrected chi connectivity index (χ1v) is 16.5. The van der Waals surface area contributed by atoms with Gasteiger partial charge in [-0.05, 0) is 61.6 Å². The Bertz CT molecular complexity index is 1600. The molecule has 0 aliphatic carbocycles. The van der Waals surface area contributed by atoms with Crippen molar-refractivity contribution < 1.29 is 14.0 Å². The van der Waals surface area contributed by atoms with Crippen molar-refractivity contribution in [3.05, 3.63) is 102 Å². The van der Waals surface area contributed by atoms with Gasteiger partial charge >= 0.3 is 6.09 Å². The Morgan fingerprint density at radius 1 is 0.846 bits per heavy atom. The Hall–Kier alpha value is -3.67. The zero-order chi connectivity index (χ0) is 27.6. The average molecular weight is 536 g/mol. The molecule has 5 heteroatoms. The van der Waals surface area contributed by atoms with Crippen molar-refractivity contribution in [2.45, 2.75) is 51.6 Å². The molecule has 0 aliphatic rings. The average Bonchev–Trinajstić information content (AvgIpc) is 2.92. The quantitative estimate of drug-likeness (QED) is 0.159. The van der Waals surface area contributed by atoms with Crippen LogP contribution in [0.2, 0.25) is 18.1 Å². The summed E-state index contributed by atoms with van der Waals surface area (Å²) in [5, 5.41) is 10.6. The molecule has 200 valence electrons. The van der Waals surface area contributed by atoms with Gasteiger partial charge in [-0.2, -0.15) is 0 Å². The second-order valence-electron chi connectivity index (χ2n) is 11.8. The van der Waals surface area contributed by atoms with E-state index in [2.05, 4.69) is 99.9 Å². The summed E-state index contributed by atoms with van der Waals surface area (Å²) in [6.45, 7) is 11.7. The maximum absolute atomic E-state index is 12.8. The molecule has 5 aromatic rings. The number of benzene rings is 5. The highest BCUT2D eigenvalue weighted by Gasteiger charge is 2.37. The van der Waals surface area contributed by atoms with Crippen LogP contribution in [0.25, 0.3) is 38.4 Å². The van der Waals surface area contributed by atoms with E-state index in [1.807, 2.05) is 36.4 Å². The smallest absolute Gasteiger partial charge is 0.408 e. The summed E-state index contributed by atoms with van der Waals surface area (Å²) in [7, 11) is -2.01. The summed E-state index contributed by atoms with van der Waals surface area (Å²) in [4.78, 5) is 12.8. The van der Waals surface area contributed by atoms with E-state index in [9.17, 15) is 4.79 Å². The van der Waals surface area contributed by atoms with Crippen LogP contribution >= 0.6 is 0 Å². The van der Waals surface area contributed by atoms with Crippen molar-refractivity contribution in [2.75, 3.05) is 6.61 Å². The number of ether oxygens (including phenoxy) is 1. The second-order valence-corrected chi connectivity index (χ2v) is 16.6. The number of hydrogen-bond acceptors (Lipinski definition) is 3. The van der Waals surface area contributed by atoms with E-state index in [1.54, 1.807) is 0 Å². The molecule has 4 nitrogen and oxygen atoms in total. The van der Waals surface area contributed by atoms with Crippen LogP contribution in [0.15, 0.2) is 91.0 Å². The molecule has 1 amide bonds. The van der Waals surface area contributed by atoms with Crippen LogP contribution in [0.1, 0.15) is 31.9 Å². The van der Waals surface area contributed by atoms with Crippen LogP contribution in [-0.4, -0.2) is 27.1 Å². The summed E-state index contributed by atoms with van der Waals surface area (Å²) >= 11 is 0. The molecule has 0 saturated heterocycles. The van der Waals surface area contributed by atoms with Crippen LogP contribution in [-0.2, 0) is 15.8 Å².